The van der Waals surface area contributed by atoms with Crippen LogP contribution in [0.25, 0.3) is 0 Å². The second kappa shape index (κ2) is 11.3. The van der Waals surface area contributed by atoms with Gasteiger partial charge in [0.25, 0.3) is 5.69 Å². The molecule has 0 aromatic heterocycles. The minimum Gasteiger partial charge on any atom is -0.489 e. The smallest absolute Gasteiger partial charge is 0.271 e. The number of anilines is 1. The highest BCUT2D eigenvalue weighted by atomic mass is 79.9. The third-order valence-electron chi connectivity index (χ3n) is 4.46. The third-order valence-corrected chi connectivity index (χ3v) is 5.63. The van der Waals surface area contributed by atoms with E-state index in [0.29, 0.717) is 42.0 Å². The molecule has 0 aliphatic heterocycles. The van der Waals surface area contributed by atoms with E-state index in [1.54, 1.807) is 6.07 Å². The summed E-state index contributed by atoms with van der Waals surface area (Å²) in [6.07, 6.45) is 0. The van der Waals surface area contributed by atoms with Gasteiger partial charge in [-0.2, -0.15) is 0 Å². The molecular weight excluding hydrogens is 505 g/mol. The summed E-state index contributed by atoms with van der Waals surface area (Å²) in [5.74, 6) is 0.780. The van der Waals surface area contributed by atoms with Crippen LogP contribution in [0.4, 0.5) is 11.4 Å². The molecule has 0 heterocycles. The molecule has 0 radical (unpaired) electrons. The van der Waals surface area contributed by atoms with Gasteiger partial charge >= 0.3 is 0 Å². The molecule has 0 bridgehead atoms. The molecule has 3 rings (SSSR count). The summed E-state index contributed by atoms with van der Waals surface area (Å²) in [5, 5.41) is 18.3. The number of halogens is 3. The minimum atomic E-state index is -0.472. The van der Waals surface area contributed by atoms with Crippen LogP contribution in [0.15, 0.2) is 65.1 Å². The first-order valence-electron chi connectivity index (χ1n) is 9.47. The molecule has 0 amide bonds. The Kier molecular flexibility index (Phi) is 8.54. The molecule has 162 valence electrons. The maximum atomic E-state index is 10.8. The fourth-order valence-corrected chi connectivity index (χ4v) is 3.71. The summed E-state index contributed by atoms with van der Waals surface area (Å²) in [6.45, 7) is 2.24. The van der Waals surface area contributed by atoms with Crippen molar-refractivity contribution in [3.63, 3.8) is 0 Å². The lowest BCUT2D eigenvalue weighted by atomic mass is 10.2. The van der Waals surface area contributed by atoms with Crippen LogP contribution < -0.4 is 15.4 Å². The predicted molar refractivity (Wildman–Crippen MR) is 128 cm³/mol. The topological polar surface area (TPSA) is 76.4 Å². The van der Waals surface area contributed by atoms with Crippen LogP contribution in [0.2, 0.25) is 10.0 Å². The monoisotopic (exact) mass is 523 g/mol. The number of non-ortho nitro benzene ring substituents is 1. The summed E-state index contributed by atoms with van der Waals surface area (Å²) < 4.78 is 6.96. The first kappa shape index (κ1) is 23.3. The standard InChI is InChI=1S/C22H20BrCl2N3O3/c23-17-5-8-22(31-14-15-3-1-2-4-19(15)24)16(11-17)13-26-9-10-27-21-7-6-18(28(29)30)12-20(21)25/h1-8,11-12,26-27H,9-10,13-14H2. The number of benzene rings is 3. The van der Waals surface area contributed by atoms with E-state index in [1.165, 1.54) is 12.1 Å². The number of hydrogen-bond acceptors (Lipinski definition) is 5. The Morgan fingerprint density at radius 1 is 0.968 bits per heavy atom. The van der Waals surface area contributed by atoms with Gasteiger partial charge in [-0.3, -0.25) is 10.1 Å². The lowest BCUT2D eigenvalue weighted by Gasteiger charge is -2.14. The average Bonchev–Trinajstić information content (AvgIpc) is 2.74. The second-order valence-corrected chi connectivity index (χ2v) is 8.39. The zero-order valence-electron chi connectivity index (χ0n) is 16.4. The molecule has 0 atom stereocenters. The van der Waals surface area contributed by atoms with E-state index in [4.69, 9.17) is 27.9 Å². The van der Waals surface area contributed by atoms with Crippen LogP contribution in [-0.2, 0) is 13.2 Å². The van der Waals surface area contributed by atoms with Gasteiger partial charge in [0.15, 0.2) is 0 Å². The van der Waals surface area contributed by atoms with E-state index < -0.39 is 4.92 Å². The molecule has 0 saturated heterocycles. The molecule has 6 nitrogen and oxygen atoms in total. The lowest BCUT2D eigenvalue weighted by Crippen LogP contribution is -2.22. The van der Waals surface area contributed by atoms with Crippen LogP contribution in [0.3, 0.4) is 0 Å². The van der Waals surface area contributed by atoms with Gasteiger partial charge in [-0.1, -0.05) is 57.3 Å². The molecule has 3 aromatic carbocycles. The highest BCUT2D eigenvalue weighted by Gasteiger charge is 2.09. The number of nitrogens with zero attached hydrogens (tertiary/aromatic N) is 1. The van der Waals surface area contributed by atoms with Gasteiger partial charge < -0.3 is 15.4 Å². The quantitative estimate of drug-likeness (QED) is 0.181. The van der Waals surface area contributed by atoms with Crippen molar-refractivity contribution in [1.82, 2.24) is 5.32 Å². The van der Waals surface area contributed by atoms with Gasteiger partial charge in [-0.15, -0.1) is 0 Å². The fourth-order valence-electron chi connectivity index (χ4n) is 2.87. The maximum absolute atomic E-state index is 10.8. The summed E-state index contributed by atoms with van der Waals surface area (Å²) in [5.41, 5.74) is 2.55. The van der Waals surface area contributed by atoms with E-state index in [2.05, 4.69) is 26.6 Å². The van der Waals surface area contributed by atoms with Gasteiger partial charge in [-0.05, 0) is 30.3 Å². The molecule has 0 aliphatic carbocycles. The van der Waals surface area contributed by atoms with E-state index in [0.717, 1.165) is 21.3 Å². The Morgan fingerprint density at radius 2 is 1.77 bits per heavy atom. The van der Waals surface area contributed by atoms with Crippen LogP contribution in [0, 0.1) is 10.1 Å². The average molecular weight is 525 g/mol. The zero-order valence-corrected chi connectivity index (χ0v) is 19.5. The van der Waals surface area contributed by atoms with E-state index in [9.17, 15) is 10.1 Å². The van der Waals surface area contributed by atoms with Gasteiger partial charge in [0, 0.05) is 52.4 Å². The number of hydrogen-bond donors (Lipinski definition) is 2. The predicted octanol–water partition coefficient (Wildman–Crippen LogP) is 6.44. The number of rotatable bonds is 10. The van der Waals surface area contributed by atoms with E-state index in [1.807, 2.05) is 42.5 Å². The molecule has 0 aliphatic rings. The summed E-state index contributed by atoms with van der Waals surface area (Å²) in [7, 11) is 0. The van der Waals surface area contributed by atoms with Crippen LogP contribution in [-0.4, -0.2) is 18.0 Å². The molecule has 2 N–H and O–H groups in total. The SMILES string of the molecule is O=[N+]([O-])c1ccc(NCCNCc2cc(Br)ccc2OCc2ccccc2Cl)c(Cl)c1. The first-order valence-corrected chi connectivity index (χ1v) is 11.0. The maximum Gasteiger partial charge on any atom is 0.271 e. The zero-order chi connectivity index (χ0) is 22.2. The summed E-state index contributed by atoms with van der Waals surface area (Å²) in [4.78, 5) is 10.3. The summed E-state index contributed by atoms with van der Waals surface area (Å²) >= 11 is 15.8. The molecule has 9 heteroatoms. The number of nitro groups is 1. The van der Waals surface area contributed by atoms with E-state index in [-0.39, 0.29) is 5.69 Å². The molecule has 0 spiro atoms. The molecule has 3 aromatic rings. The number of nitro benzene ring substituents is 1. The Morgan fingerprint density at radius 3 is 2.52 bits per heavy atom. The van der Waals surface area contributed by atoms with Crippen molar-refractivity contribution < 1.29 is 9.66 Å². The van der Waals surface area contributed by atoms with Crippen molar-refractivity contribution >= 4 is 50.5 Å². The highest BCUT2D eigenvalue weighted by molar-refractivity contribution is 9.10. The molecule has 31 heavy (non-hydrogen) atoms. The van der Waals surface area contributed by atoms with Crippen molar-refractivity contribution in [3.05, 3.63) is 96.4 Å². The fraction of sp³-hybridized carbons (Fsp3) is 0.182. The number of nitrogens with one attached hydrogen (secondary N) is 2. The Balaban J connectivity index is 1.51. The van der Waals surface area contributed by atoms with Gasteiger partial charge in [0.1, 0.15) is 12.4 Å². The van der Waals surface area contributed by atoms with Gasteiger partial charge in [0.05, 0.1) is 15.6 Å². The molecule has 0 unspecified atom stereocenters. The van der Waals surface area contributed by atoms with Crippen LogP contribution in [0.1, 0.15) is 11.1 Å². The van der Waals surface area contributed by atoms with Crippen molar-refractivity contribution in [2.24, 2.45) is 0 Å². The summed E-state index contributed by atoms with van der Waals surface area (Å²) in [6, 6.07) is 17.8. The van der Waals surface area contributed by atoms with Crippen molar-refractivity contribution in [2.45, 2.75) is 13.2 Å². The van der Waals surface area contributed by atoms with Crippen molar-refractivity contribution in [3.8, 4) is 5.75 Å². The normalized spacial score (nSPS) is 10.7. The van der Waals surface area contributed by atoms with Crippen LogP contribution >= 0.6 is 39.1 Å². The van der Waals surface area contributed by atoms with E-state index >= 15 is 0 Å². The van der Waals surface area contributed by atoms with Gasteiger partial charge in [0.2, 0.25) is 0 Å². The minimum absolute atomic E-state index is 0.0346. The Labute approximate surface area is 198 Å². The molecular formula is C22H20BrCl2N3O3. The Hall–Kier alpha value is -2.32. The lowest BCUT2D eigenvalue weighted by molar-refractivity contribution is -0.384. The Bertz CT molecular complexity index is 1070. The first-order chi connectivity index (χ1) is 14.9. The van der Waals surface area contributed by atoms with Gasteiger partial charge in [-0.25, -0.2) is 0 Å². The van der Waals surface area contributed by atoms with Crippen molar-refractivity contribution in [1.29, 1.82) is 0 Å². The molecule has 0 fully saturated rings. The van der Waals surface area contributed by atoms with Crippen LogP contribution in [0.5, 0.6) is 5.75 Å². The molecule has 0 saturated carbocycles. The van der Waals surface area contributed by atoms with Crippen molar-refractivity contribution in [2.75, 3.05) is 18.4 Å². The number of ether oxygens (including phenoxy) is 1. The third kappa shape index (κ3) is 6.83. The largest absolute Gasteiger partial charge is 0.489 e. The second-order valence-electron chi connectivity index (χ2n) is 6.66. The highest BCUT2D eigenvalue weighted by Crippen LogP contribution is 2.27.